The molecule has 0 aliphatic heterocycles. The Morgan fingerprint density at radius 2 is 2.28 bits per heavy atom. The maximum absolute atomic E-state index is 4.55. The van der Waals surface area contributed by atoms with E-state index in [4.69, 9.17) is 0 Å². The van der Waals surface area contributed by atoms with Crippen LogP contribution in [0.4, 0.5) is 5.82 Å². The van der Waals surface area contributed by atoms with E-state index in [0.29, 0.717) is 5.92 Å². The average Bonchev–Trinajstić information content (AvgIpc) is 3.14. The minimum absolute atomic E-state index is 0.667. The molecule has 0 atom stereocenters. The summed E-state index contributed by atoms with van der Waals surface area (Å²) in [6.07, 6.45) is 9.04. The van der Waals surface area contributed by atoms with E-state index in [2.05, 4.69) is 33.4 Å². The molecule has 0 aromatic carbocycles. The van der Waals surface area contributed by atoms with Gasteiger partial charge < -0.3 is 5.32 Å². The topological polar surface area (TPSA) is 55.6 Å². The van der Waals surface area contributed by atoms with E-state index >= 15 is 0 Å². The Bertz CT molecular complexity index is 530. The van der Waals surface area contributed by atoms with E-state index in [0.717, 1.165) is 24.6 Å². The van der Waals surface area contributed by atoms with E-state index in [1.165, 1.54) is 18.5 Å². The molecule has 2 aromatic heterocycles. The van der Waals surface area contributed by atoms with Crippen LogP contribution in [0.5, 0.6) is 0 Å². The van der Waals surface area contributed by atoms with Crippen LogP contribution in [0.15, 0.2) is 24.7 Å². The van der Waals surface area contributed by atoms with Crippen molar-refractivity contribution in [1.29, 1.82) is 0 Å². The lowest BCUT2D eigenvalue weighted by Crippen LogP contribution is -2.06. The van der Waals surface area contributed by atoms with Gasteiger partial charge in [-0.3, -0.25) is 4.98 Å². The zero-order chi connectivity index (χ0) is 12.4. The molecule has 5 nitrogen and oxygen atoms in total. The molecule has 1 fully saturated rings. The van der Waals surface area contributed by atoms with E-state index < -0.39 is 0 Å². The zero-order valence-electron chi connectivity index (χ0n) is 10.5. The second kappa shape index (κ2) is 4.76. The van der Waals surface area contributed by atoms with Crippen molar-refractivity contribution in [2.75, 3.05) is 11.9 Å². The Kier molecular flexibility index (Phi) is 2.96. The normalized spacial score (nSPS) is 14.7. The average molecular weight is 243 g/mol. The lowest BCUT2D eigenvalue weighted by atomic mass is 10.3. The van der Waals surface area contributed by atoms with E-state index in [1.807, 2.05) is 6.20 Å². The molecule has 0 saturated heterocycles. The first-order valence-electron chi connectivity index (χ1n) is 6.48. The maximum atomic E-state index is 4.55. The second-order valence-corrected chi connectivity index (χ2v) is 4.65. The van der Waals surface area contributed by atoms with Crippen molar-refractivity contribution in [3.63, 3.8) is 0 Å². The molecule has 0 spiro atoms. The first kappa shape index (κ1) is 11.2. The first-order valence-corrected chi connectivity index (χ1v) is 6.48. The molecular weight excluding hydrogens is 226 g/mol. The summed E-state index contributed by atoms with van der Waals surface area (Å²) in [4.78, 5) is 8.70. The van der Waals surface area contributed by atoms with Crippen molar-refractivity contribution in [2.45, 2.75) is 32.1 Å². The quantitative estimate of drug-likeness (QED) is 0.875. The molecule has 18 heavy (non-hydrogen) atoms. The highest BCUT2D eigenvalue weighted by Crippen LogP contribution is 2.38. The number of nitrogens with zero attached hydrogens (tertiary/aromatic N) is 4. The summed E-state index contributed by atoms with van der Waals surface area (Å²) in [5.41, 5.74) is 1.17. The van der Waals surface area contributed by atoms with E-state index in [-0.39, 0.29) is 0 Å². The maximum Gasteiger partial charge on any atom is 0.173 e. The highest BCUT2D eigenvalue weighted by atomic mass is 15.3. The predicted octanol–water partition coefficient (Wildman–Crippen LogP) is 2.36. The van der Waals surface area contributed by atoms with Crippen molar-refractivity contribution >= 4 is 5.82 Å². The highest BCUT2D eigenvalue weighted by Gasteiger charge is 2.25. The minimum atomic E-state index is 0.667. The van der Waals surface area contributed by atoms with Crippen LogP contribution in [0.3, 0.4) is 0 Å². The van der Waals surface area contributed by atoms with Gasteiger partial charge in [0.1, 0.15) is 5.82 Å². The Morgan fingerprint density at radius 1 is 1.39 bits per heavy atom. The highest BCUT2D eigenvalue weighted by molar-refractivity contribution is 5.35. The molecule has 0 unspecified atom stereocenters. The van der Waals surface area contributed by atoms with Gasteiger partial charge in [0.05, 0.1) is 18.1 Å². The number of hydrogen-bond donors (Lipinski definition) is 1. The molecule has 1 saturated carbocycles. The van der Waals surface area contributed by atoms with Gasteiger partial charge in [-0.1, -0.05) is 6.92 Å². The number of aromatic nitrogens is 4. The summed E-state index contributed by atoms with van der Waals surface area (Å²) in [7, 11) is 0. The third-order valence-corrected chi connectivity index (χ3v) is 3.02. The fourth-order valence-electron chi connectivity index (χ4n) is 1.87. The van der Waals surface area contributed by atoms with Crippen LogP contribution in [-0.2, 0) is 0 Å². The van der Waals surface area contributed by atoms with Crippen LogP contribution >= 0.6 is 0 Å². The Hall–Kier alpha value is -1.91. The van der Waals surface area contributed by atoms with Crippen LogP contribution in [0.25, 0.3) is 5.82 Å². The van der Waals surface area contributed by atoms with Gasteiger partial charge in [0.25, 0.3) is 0 Å². The van der Waals surface area contributed by atoms with Gasteiger partial charge in [-0.25, -0.2) is 9.67 Å². The monoisotopic (exact) mass is 243 g/mol. The molecular formula is C13H17N5. The van der Waals surface area contributed by atoms with Gasteiger partial charge in [0, 0.05) is 18.7 Å². The summed E-state index contributed by atoms with van der Waals surface area (Å²) in [6, 6.07) is 2.07. The van der Waals surface area contributed by atoms with Crippen LogP contribution in [0.1, 0.15) is 37.8 Å². The molecule has 5 heteroatoms. The molecule has 1 N–H and O–H groups in total. The van der Waals surface area contributed by atoms with Crippen LogP contribution in [-0.4, -0.2) is 26.3 Å². The van der Waals surface area contributed by atoms with Crippen LogP contribution in [0.2, 0.25) is 0 Å². The van der Waals surface area contributed by atoms with Gasteiger partial charge in [-0.2, -0.15) is 5.10 Å². The smallest absolute Gasteiger partial charge is 0.173 e. The van der Waals surface area contributed by atoms with Crippen molar-refractivity contribution < 1.29 is 0 Å². The number of rotatable bonds is 5. The van der Waals surface area contributed by atoms with Gasteiger partial charge >= 0.3 is 0 Å². The van der Waals surface area contributed by atoms with E-state index in [9.17, 15) is 0 Å². The van der Waals surface area contributed by atoms with Crippen molar-refractivity contribution in [3.05, 3.63) is 30.4 Å². The summed E-state index contributed by atoms with van der Waals surface area (Å²) >= 11 is 0. The Labute approximate surface area is 106 Å². The number of anilines is 1. The van der Waals surface area contributed by atoms with Crippen molar-refractivity contribution in [1.82, 2.24) is 19.7 Å². The summed E-state index contributed by atoms with van der Waals surface area (Å²) in [5, 5.41) is 7.78. The summed E-state index contributed by atoms with van der Waals surface area (Å²) < 4.78 is 1.80. The third-order valence-electron chi connectivity index (χ3n) is 3.02. The molecule has 0 bridgehead atoms. The summed E-state index contributed by atoms with van der Waals surface area (Å²) in [5.74, 6) is 2.24. The molecule has 1 aliphatic carbocycles. The number of hydrogen-bond acceptors (Lipinski definition) is 4. The van der Waals surface area contributed by atoms with Crippen LogP contribution in [0, 0.1) is 0 Å². The van der Waals surface area contributed by atoms with Crippen LogP contribution < -0.4 is 5.32 Å². The molecule has 1 aliphatic rings. The van der Waals surface area contributed by atoms with E-state index in [1.54, 1.807) is 17.1 Å². The zero-order valence-corrected chi connectivity index (χ0v) is 10.5. The van der Waals surface area contributed by atoms with Gasteiger partial charge in [0.15, 0.2) is 5.82 Å². The van der Waals surface area contributed by atoms with Crippen molar-refractivity contribution in [3.8, 4) is 5.82 Å². The molecule has 94 valence electrons. The minimum Gasteiger partial charge on any atom is -0.369 e. The lowest BCUT2D eigenvalue weighted by Gasteiger charge is -2.05. The third kappa shape index (κ3) is 2.34. The fourth-order valence-corrected chi connectivity index (χ4v) is 1.87. The van der Waals surface area contributed by atoms with Gasteiger partial charge in [-0.05, 0) is 25.3 Å². The largest absolute Gasteiger partial charge is 0.369 e. The predicted molar refractivity (Wildman–Crippen MR) is 69.9 cm³/mol. The molecule has 0 radical (unpaired) electrons. The number of nitrogens with one attached hydrogen (secondary N) is 1. The molecule has 3 rings (SSSR count). The van der Waals surface area contributed by atoms with Gasteiger partial charge in [0.2, 0.25) is 0 Å². The standard InChI is InChI=1S/C13H17N5/c1-2-6-15-12-8-14-9-13(16-12)18-7-5-11(17-18)10-3-4-10/h5,7-10H,2-4,6H2,1H3,(H,15,16). The fraction of sp³-hybridized carbons (Fsp3) is 0.462. The van der Waals surface area contributed by atoms with Gasteiger partial charge in [-0.15, -0.1) is 0 Å². The Balaban J connectivity index is 1.81. The van der Waals surface area contributed by atoms with Crippen molar-refractivity contribution in [2.24, 2.45) is 0 Å². The lowest BCUT2D eigenvalue weighted by molar-refractivity contribution is 0.805. The summed E-state index contributed by atoms with van der Waals surface area (Å²) in [6.45, 7) is 3.03. The first-order chi connectivity index (χ1) is 8.86. The second-order valence-electron chi connectivity index (χ2n) is 4.65. The Morgan fingerprint density at radius 3 is 3.06 bits per heavy atom. The molecule has 2 aromatic rings. The molecule has 0 amide bonds. The SMILES string of the molecule is CCCNc1cncc(-n2ccc(C3CC3)n2)n1. The molecule has 2 heterocycles.